The van der Waals surface area contributed by atoms with Crippen LogP contribution in [0.2, 0.25) is 0 Å². The second-order valence-electron chi connectivity index (χ2n) is 4.92. The molecule has 2 heteroatoms. The number of rotatable bonds is 6. The van der Waals surface area contributed by atoms with Crippen LogP contribution in [0.15, 0.2) is 18.5 Å². The molecule has 1 N–H and O–H groups in total. The highest BCUT2D eigenvalue weighted by Gasteiger charge is 2.26. The van der Waals surface area contributed by atoms with Gasteiger partial charge in [-0.2, -0.15) is 0 Å². The predicted octanol–water partition coefficient (Wildman–Crippen LogP) is 3.23. The molecule has 1 atom stereocenters. The monoisotopic (exact) mass is 218 g/mol. The maximum Gasteiger partial charge on any atom is 0.0326 e. The fourth-order valence-electron chi connectivity index (χ4n) is 2.20. The summed E-state index contributed by atoms with van der Waals surface area (Å²) >= 11 is 0. The van der Waals surface area contributed by atoms with Gasteiger partial charge in [0, 0.05) is 18.4 Å². The second-order valence-corrected chi connectivity index (χ2v) is 4.92. The van der Waals surface area contributed by atoms with E-state index in [2.05, 4.69) is 30.2 Å². The zero-order chi connectivity index (χ0) is 11.4. The Morgan fingerprint density at radius 1 is 1.50 bits per heavy atom. The van der Waals surface area contributed by atoms with Crippen molar-refractivity contribution >= 4 is 0 Å². The minimum Gasteiger partial charge on any atom is -0.310 e. The van der Waals surface area contributed by atoms with Crippen LogP contribution in [-0.2, 0) is 0 Å². The van der Waals surface area contributed by atoms with E-state index in [-0.39, 0.29) is 0 Å². The molecule has 1 heterocycles. The predicted molar refractivity (Wildman–Crippen MR) is 67.3 cm³/mol. The van der Waals surface area contributed by atoms with E-state index in [9.17, 15) is 0 Å². The summed E-state index contributed by atoms with van der Waals surface area (Å²) in [5.74, 6) is 0.960. The molecule has 2 rings (SSSR count). The fraction of sp³-hybridized carbons (Fsp3) is 0.643. The standard InChI is InChI=1S/C14H22N2/c1-3-7-16-14(9-12-4-5-12)13-6-8-15-10-11(13)2/h6,8,10,12,14,16H,3-5,7,9H2,1-2H3. The molecule has 1 aromatic heterocycles. The fourth-order valence-corrected chi connectivity index (χ4v) is 2.20. The zero-order valence-electron chi connectivity index (χ0n) is 10.4. The smallest absolute Gasteiger partial charge is 0.0326 e. The Labute approximate surface area is 98.5 Å². The molecule has 0 bridgehead atoms. The molecule has 1 aromatic rings. The normalized spacial score (nSPS) is 17.4. The van der Waals surface area contributed by atoms with Crippen LogP contribution in [0.3, 0.4) is 0 Å². The number of aromatic nitrogens is 1. The van der Waals surface area contributed by atoms with Crippen molar-refractivity contribution in [2.75, 3.05) is 6.54 Å². The van der Waals surface area contributed by atoms with Crippen molar-refractivity contribution < 1.29 is 0 Å². The Bertz CT molecular complexity index is 331. The van der Waals surface area contributed by atoms with Gasteiger partial charge in [-0.1, -0.05) is 19.8 Å². The largest absolute Gasteiger partial charge is 0.310 e. The Balaban J connectivity index is 2.06. The van der Waals surface area contributed by atoms with Crippen LogP contribution in [0.5, 0.6) is 0 Å². The first-order chi connectivity index (χ1) is 7.81. The molecule has 2 nitrogen and oxygen atoms in total. The molecule has 1 aliphatic carbocycles. The number of nitrogens with one attached hydrogen (secondary N) is 1. The van der Waals surface area contributed by atoms with E-state index in [1.165, 1.54) is 36.8 Å². The first kappa shape index (κ1) is 11.6. The SMILES string of the molecule is CCCNC(CC1CC1)c1ccncc1C. The summed E-state index contributed by atoms with van der Waals surface area (Å²) in [4.78, 5) is 4.17. The molecule has 1 aliphatic rings. The Hall–Kier alpha value is -0.890. The van der Waals surface area contributed by atoms with Gasteiger partial charge in [0.1, 0.15) is 0 Å². The summed E-state index contributed by atoms with van der Waals surface area (Å²) in [5, 5.41) is 3.67. The van der Waals surface area contributed by atoms with Gasteiger partial charge in [0.2, 0.25) is 0 Å². The average Bonchev–Trinajstić information content (AvgIpc) is 3.09. The van der Waals surface area contributed by atoms with E-state index in [0.29, 0.717) is 6.04 Å². The van der Waals surface area contributed by atoms with Gasteiger partial charge in [-0.3, -0.25) is 4.98 Å². The molecule has 16 heavy (non-hydrogen) atoms. The summed E-state index contributed by atoms with van der Waals surface area (Å²) in [6, 6.07) is 2.71. The number of aryl methyl sites for hydroxylation is 1. The maximum atomic E-state index is 4.17. The van der Waals surface area contributed by atoms with E-state index in [1.54, 1.807) is 0 Å². The highest BCUT2D eigenvalue weighted by Crippen LogP contribution is 2.38. The van der Waals surface area contributed by atoms with Gasteiger partial charge in [0.05, 0.1) is 0 Å². The molecule has 1 fully saturated rings. The molecular weight excluding hydrogens is 196 g/mol. The summed E-state index contributed by atoms with van der Waals surface area (Å²) < 4.78 is 0. The lowest BCUT2D eigenvalue weighted by Crippen LogP contribution is -2.23. The van der Waals surface area contributed by atoms with Crippen molar-refractivity contribution in [3.8, 4) is 0 Å². The van der Waals surface area contributed by atoms with Gasteiger partial charge in [0.15, 0.2) is 0 Å². The van der Waals surface area contributed by atoms with Crippen molar-refractivity contribution in [1.29, 1.82) is 0 Å². The van der Waals surface area contributed by atoms with Gasteiger partial charge < -0.3 is 5.32 Å². The average molecular weight is 218 g/mol. The molecule has 0 aromatic carbocycles. The van der Waals surface area contributed by atoms with Crippen LogP contribution < -0.4 is 5.32 Å². The van der Waals surface area contributed by atoms with Crippen LogP contribution in [-0.4, -0.2) is 11.5 Å². The van der Waals surface area contributed by atoms with E-state index >= 15 is 0 Å². The van der Waals surface area contributed by atoms with Crippen LogP contribution in [0, 0.1) is 12.8 Å². The van der Waals surface area contributed by atoms with E-state index in [1.807, 2.05) is 12.4 Å². The third-order valence-electron chi connectivity index (χ3n) is 3.35. The summed E-state index contributed by atoms with van der Waals surface area (Å²) in [6.07, 6.45) is 9.23. The quantitative estimate of drug-likeness (QED) is 0.793. The van der Waals surface area contributed by atoms with Crippen LogP contribution in [0.1, 0.15) is 49.8 Å². The Kier molecular flexibility index (Phi) is 3.94. The van der Waals surface area contributed by atoms with E-state index < -0.39 is 0 Å². The third kappa shape index (κ3) is 3.05. The van der Waals surface area contributed by atoms with Gasteiger partial charge in [0.25, 0.3) is 0 Å². The number of hydrogen-bond acceptors (Lipinski definition) is 2. The van der Waals surface area contributed by atoms with E-state index in [4.69, 9.17) is 0 Å². The van der Waals surface area contributed by atoms with E-state index in [0.717, 1.165) is 12.5 Å². The van der Waals surface area contributed by atoms with Gasteiger partial charge in [-0.05, 0) is 49.4 Å². The lowest BCUT2D eigenvalue weighted by molar-refractivity contribution is 0.472. The minimum absolute atomic E-state index is 0.537. The zero-order valence-corrected chi connectivity index (χ0v) is 10.4. The Morgan fingerprint density at radius 3 is 2.94 bits per heavy atom. The summed E-state index contributed by atoms with van der Waals surface area (Å²) in [7, 11) is 0. The second kappa shape index (κ2) is 5.44. The first-order valence-corrected chi connectivity index (χ1v) is 6.45. The molecule has 0 radical (unpaired) electrons. The van der Waals surface area contributed by atoms with Crippen LogP contribution in [0.25, 0.3) is 0 Å². The highest BCUT2D eigenvalue weighted by molar-refractivity contribution is 5.25. The van der Waals surface area contributed by atoms with Crippen molar-refractivity contribution in [1.82, 2.24) is 10.3 Å². The highest BCUT2D eigenvalue weighted by atomic mass is 14.9. The van der Waals surface area contributed by atoms with Crippen LogP contribution >= 0.6 is 0 Å². The summed E-state index contributed by atoms with van der Waals surface area (Å²) in [5.41, 5.74) is 2.76. The Morgan fingerprint density at radius 2 is 2.31 bits per heavy atom. The summed E-state index contributed by atoms with van der Waals surface area (Å²) in [6.45, 7) is 5.50. The minimum atomic E-state index is 0.537. The van der Waals surface area contributed by atoms with Crippen molar-refractivity contribution in [3.63, 3.8) is 0 Å². The maximum absolute atomic E-state index is 4.17. The molecular formula is C14H22N2. The molecule has 88 valence electrons. The topological polar surface area (TPSA) is 24.9 Å². The molecule has 1 saturated carbocycles. The lowest BCUT2D eigenvalue weighted by atomic mass is 9.98. The van der Waals surface area contributed by atoms with Gasteiger partial charge >= 0.3 is 0 Å². The third-order valence-corrected chi connectivity index (χ3v) is 3.35. The van der Waals surface area contributed by atoms with Crippen molar-refractivity contribution in [2.24, 2.45) is 5.92 Å². The van der Waals surface area contributed by atoms with Crippen molar-refractivity contribution in [2.45, 2.75) is 45.6 Å². The molecule has 0 spiro atoms. The number of pyridine rings is 1. The molecule has 0 aliphatic heterocycles. The lowest BCUT2D eigenvalue weighted by Gasteiger charge is -2.20. The first-order valence-electron chi connectivity index (χ1n) is 6.45. The van der Waals surface area contributed by atoms with Gasteiger partial charge in [-0.15, -0.1) is 0 Å². The number of hydrogen-bond donors (Lipinski definition) is 1. The molecule has 0 saturated heterocycles. The van der Waals surface area contributed by atoms with Crippen molar-refractivity contribution in [3.05, 3.63) is 29.6 Å². The van der Waals surface area contributed by atoms with Gasteiger partial charge in [-0.25, -0.2) is 0 Å². The number of nitrogens with zero attached hydrogens (tertiary/aromatic N) is 1. The molecule has 0 amide bonds. The van der Waals surface area contributed by atoms with Crippen LogP contribution in [0.4, 0.5) is 0 Å². The molecule has 1 unspecified atom stereocenters.